The predicted molar refractivity (Wildman–Crippen MR) is 166 cm³/mol. The molecule has 1 aliphatic rings. The first kappa shape index (κ1) is 29.0. The van der Waals surface area contributed by atoms with E-state index in [-0.39, 0.29) is 10.8 Å². The molecule has 12 heteroatoms. The van der Waals surface area contributed by atoms with Crippen LogP contribution >= 0.6 is 0 Å². The van der Waals surface area contributed by atoms with Gasteiger partial charge in [0.05, 0.1) is 4.90 Å². The molecule has 3 aromatic carbocycles. The number of rotatable bonds is 8. The summed E-state index contributed by atoms with van der Waals surface area (Å²) in [5.74, 6) is 0.708. The number of nitrogens with zero attached hydrogens (tertiary/aromatic N) is 4. The largest absolute Gasteiger partial charge is 0.369 e. The zero-order valence-electron chi connectivity index (χ0n) is 23.8. The van der Waals surface area contributed by atoms with E-state index in [9.17, 15) is 13.2 Å². The van der Waals surface area contributed by atoms with Crippen molar-refractivity contribution < 1.29 is 13.2 Å². The van der Waals surface area contributed by atoms with Crippen LogP contribution in [0.3, 0.4) is 0 Å². The molecule has 4 aromatic rings. The Morgan fingerprint density at radius 1 is 0.833 bits per heavy atom. The van der Waals surface area contributed by atoms with Gasteiger partial charge in [0, 0.05) is 66.3 Å². The van der Waals surface area contributed by atoms with Gasteiger partial charge in [0.2, 0.25) is 16.0 Å². The van der Waals surface area contributed by atoms with Crippen molar-refractivity contribution in [3.05, 3.63) is 89.6 Å². The van der Waals surface area contributed by atoms with Gasteiger partial charge in [-0.15, -0.1) is 0 Å². The highest BCUT2D eigenvalue weighted by atomic mass is 32.2. The van der Waals surface area contributed by atoms with Gasteiger partial charge in [-0.1, -0.05) is 6.07 Å². The van der Waals surface area contributed by atoms with Gasteiger partial charge in [0.15, 0.2) is 0 Å². The van der Waals surface area contributed by atoms with Crippen molar-refractivity contribution in [2.24, 2.45) is 5.14 Å². The second kappa shape index (κ2) is 12.1. The Hall–Kier alpha value is -4.52. The fraction of sp³-hybridized carbons (Fsp3) is 0.233. The molecule has 0 aliphatic carbocycles. The Balaban J connectivity index is 1.22. The van der Waals surface area contributed by atoms with E-state index in [2.05, 4.69) is 67.0 Å². The molecule has 42 heavy (non-hydrogen) atoms. The molecule has 0 bridgehead atoms. The number of aromatic nitrogens is 2. The highest BCUT2D eigenvalue weighted by Crippen LogP contribution is 2.25. The van der Waals surface area contributed by atoms with Crippen LogP contribution in [-0.4, -0.2) is 62.4 Å². The minimum absolute atomic E-state index is 0.0329. The zero-order valence-corrected chi connectivity index (χ0v) is 24.6. The van der Waals surface area contributed by atoms with Crippen LogP contribution in [0.25, 0.3) is 0 Å². The maximum Gasteiger partial charge on any atom is 0.255 e. The predicted octanol–water partition coefficient (Wildman–Crippen LogP) is 4.23. The first-order valence-corrected chi connectivity index (χ1v) is 15.1. The van der Waals surface area contributed by atoms with Gasteiger partial charge in [-0.05, 0) is 87.1 Å². The quantitative estimate of drug-likeness (QED) is 0.238. The SMILES string of the molecule is Cc1ccc(NC(=O)c2ccc(Nc3ncc(C)c(Nc4ccc(N5CCN(C)CC5)cc4)n3)cc2)cc1S(N)(=O)=O. The van der Waals surface area contributed by atoms with Gasteiger partial charge < -0.3 is 25.8 Å². The van der Waals surface area contributed by atoms with Crippen LogP contribution in [0.1, 0.15) is 21.5 Å². The molecule has 0 spiro atoms. The molecule has 2 heterocycles. The minimum atomic E-state index is -3.90. The molecule has 0 saturated carbocycles. The van der Waals surface area contributed by atoms with Gasteiger partial charge in [-0.25, -0.2) is 18.5 Å². The average molecular weight is 587 g/mol. The van der Waals surface area contributed by atoms with E-state index in [4.69, 9.17) is 5.14 Å². The lowest BCUT2D eigenvalue weighted by molar-refractivity contribution is 0.102. The lowest BCUT2D eigenvalue weighted by Crippen LogP contribution is -2.44. The van der Waals surface area contributed by atoms with E-state index in [1.807, 2.05) is 6.92 Å². The summed E-state index contributed by atoms with van der Waals surface area (Å²) in [5, 5.41) is 14.5. The number of sulfonamides is 1. The van der Waals surface area contributed by atoms with Crippen LogP contribution in [0, 0.1) is 13.8 Å². The summed E-state index contributed by atoms with van der Waals surface area (Å²) in [6, 6.07) is 19.7. The molecule has 218 valence electrons. The first-order chi connectivity index (χ1) is 20.0. The number of likely N-dealkylation sites (N-methyl/N-ethyl adjacent to an activating group) is 1. The number of anilines is 6. The molecular formula is C30H34N8O3S. The monoisotopic (exact) mass is 586 g/mol. The lowest BCUT2D eigenvalue weighted by atomic mass is 10.1. The molecule has 1 saturated heterocycles. The lowest BCUT2D eigenvalue weighted by Gasteiger charge is -2.34. The van der Waals surface area contributed by atoms with Crippen LogP contribution < -0.4 is 26.0 Å². The summed E-state index contributed by atoms with van der Waals surface area (Å²) in [4.78, 5) is 26.5. The molecule has 1 fully saturated rings. The summed E-state index contributed by atoms with van der Waals surface area (Å²) in [6.45, 7) is 7.74. The smallest absolute Gasteiger partial charge is 0.255 e. The number of carbonyl (C=O) groups is 1. The van der Waals surface area contributed by atoms with Crippen LogP contribution in [-0.2, 0) is 10.0 Å². The van der Waals surface area contributed by atoms with Gasteiger partial charge >= 0.3 is 0 Å². The number of aryl methyl sites for hydroxylation is 2. The van der Waals surface area contributed by atoms with Crippen molar-refractivity contribution >= 4 is 50.4 Å². The number of nitrogens with two attached hydrogens (primary N) is 1. The van der Waals surface area contributed by atoms with Crippen molar-refractivity contribution in [1.29, 1.82) is 0 Å². The van der Waals surface area contributed by atoms with Crippen LogP contribution in [0.5, 0.6) is 0 Å². The Morgan fingerprint density at radius 3 is 2.12 bits per heavy atom. The second-order valence-corrected chi connectivity index (χ2v) is 11.9. The molecular weight excluding hydrogens is 552 g/mol. The molecule has 1 amide bonds. The summed E-state index contributed by atoms with van der Waals surface area (Å²) in [5.41, 5.74) is 4.97. The van der Waals surface area contributed by atoms with E-state index < -0.39 is 10.0 Å². The Kier molecular flexibility index (Phi) is 8.39. The Labute approximate surface area is 245 Å². The van der Waals surface area contributed by atoms with E-state index in [1.165, 1.54) is 11.8 Å². The van der Waals surface area contributed by atoms with Crippen molar-refractivity contribution in [2.45, 2.75) is 18.7 Å². The molecule has 5 rings (SSSR count). The van der Waals surface area contributed by atoms with Crippen molar-refractivity contribution in [2.75, 3.05) is 54.1 Å². The van der Waals surface area contributed by atoms with E-state index in [1.54, 1.807) is 49.5 Å². The maximum absolute atomic E-state index is 12.8. The zero-order chi connectivity index (χ0) is 29.9. The Bertz CT molecular complexity index is 1690. The fourth-order valence-corrected chi connectivity index (χ4v) is 5.42. The summed E-state index contributed by atoms with van der Waals surface area (Å²) < 4.78 is 23.6. The molecule has 0 radical (unpaired) electrons. The summed E-state index contributed by atoms with van der Waals surface area (Å²) in [6.07, 6.45) is 1.75. The third kappa shape index (κ3) is 7.03. The Morgan fingerprint density at radius 2 is 1.45 bits per heavy atom. The van der Waals surface area contributed by atoms with Crippen molar-refractivity contribution in [3.8, 4) is 0 Å². The number of benzene rings is 3. The van der Waals surface area contributed by atoms with Gasteiger partial charge in [-0.3, -0.25) is 4.79 Å². The normalized spacial score (nSPS) is 14.0. The van der Waals surface area contributed by atoms with Gasteiger partial charge in [0.1, 0.15) is 5.82 Å². The molecule has 5 N–H and O–H groups in total. The maximum atomic E-state index is 12.8. The summed E-state index contributed by atoms with van der Waals surface area (Å²) >= 11 is 0. The number of nitrogens with one attached hydrogen (secondary N) is 3. The molecule has 0 unspecified atom stereocenters. The van der Waals surface area contributed by atoms with Crippen molar-refractivity contribution in [3.63, 3.8) is 0 Å². The number of hydrogen-bond acceptors (Lipinski definition) is 9. The van der Waals surface area contributed by atoms with Crippen LogP contribution in [0.2, 0.25) is 0 Å². The molecule has 0 atom stereocenters. The number of hydrogen-bond donors (Lipinski definition) is 4. The topological polar surface area (TPSA) is 146 Å². The third-order valence-electron chi connectivity index (χ3n) is 7.13. The average Bonchev–Trinajstić information content (AvgIpc) is 2.96. The fourth-order valence-electron chi connectivity index (χ4n) is 4.61. The molecule has 1 aliphatic heterocycles. The van der Waals surface area contributed by atoms with E-state index >= 15 is 0 Å². The second-order valence-electron chi connectivity index (χ2n) is 10.4. The van der Waals surface area contributed by atoms with Crippen LogP contribution in [0.15, 0.2) is 77.8 Å². The number of piperazine rings is 1. The number of carbonyl (C=O) groups excluding carboxylic acids is 1. The third-order valence-corrected chi connectivity index (χ3v) is 8.18. The highest BCUT2D eigenvalue weighted by Gasteiger charge is 2.15. The van der Waals surface area contributed by atoms with Crippen molar-refractivity contribution in [1.82, 2.24) is 14.9 Å². The highest BCUT2D eigenvalue weighted by molar-refractivity contribution is 7.89. The van der Waals surface area contributed by atoms with Gasteiger partial charge in [-0.2, -0.15) is 4.98 Å². The molecule has 1 aromatic heterocycles. The van der Waals surface area contributed by atoms with E-state index in [0.717, 1.165) is 37.4 Å². The summed E-state index contributed by atoms with van der Waals surface area (Å²) in [7, 11) is -1.75. The van der Waals surface area contributed by atoms with Crippen LogP contribution in [0.4, 0.5) is 34.5 Å². The standard InChI is InChI=1S/C30H34N8O3S/c1-20-4-7-25(18-27(20)42(31,40)41)34-29(39)22-5-8-24(9-6-22)35-30-32-19-21(2)28(36-30)33-23-10-12-26(13-11-23)38-16-14-37(3)15-17-38/h4-13,18-19H,14-17H2,1-3H3,(H,34,39)(H2,31,40,41)(H2,32,33,35,36). The number of amides is 1. The van der Waals surface area contributed by atoms with E-state index in [0.29, 0.717) is 34.3 Å². The first-order valence-electron chi connectivity index (χ1n) is 13.5. The van der Waals surface area contributed by atoms with Gasteiger partial charge in [0.25, 0.3) is 5.91 Å². The number of primary sulfonamides is 1. The minimum Gasteiger partial charge on any atom is -0.369 e. The molecule has 11 nitrogen and oxygen atoms in total.